The minimum absolute atomic E-state index is 0.110. The molecule has 3 N–H and O–H groups in total. The van der Waals surface area contributed by atoms with Crippen LogP contribution in [0.3, 0.4) is 0 Å². The van der Waals surface area contributed by atoms with Gasteiger partial charge in [-0.3, -0.25) is 4.79 Å². The van der Waals surface area contributed by atoms with Crippen LogP contribution in [0.1, 0.15) is 44.6 Å². The van der Waals surface area contributed by atoms with E-state index in [0.717, 1.165) is 11.3 Å². The second kappa shape index (κ2) is 5.21. The SMILES string of the molecule is CC(C)c1ccccc1OC1CCC(N)(C(=O)O)C1. The predicted molar refractivity (Wildman–Crippen MR) is 73.4 cm³/mol. The molecule has 1 fully saturated rings. The largest absolute Gasteiger partial charge is 0.490 e. The molecule has 2 unspecified atom stereocenters. The molecule has 4 nitrogen and oxygen atoms in total. The first-order valence-corrected chi connectivity index (χ1v) is 6.70. The Bertz CT molecular complexity index is 472. The first-order valence-electron chi connectivity index (χ1n) is 6.70. The van der Waals surface area contributed by atoms with Crippen molar-refractivity contribution < 1.29 is 14.6 Å². The predicted octanol–water partition coefficient (Wildman–Crippen LogP) is 2.52. The molecule has 4 heteroatoms. The zero-order valence-electron chi connectivity index (χ0n) is 11.4. The lowest BCUT2D eigenvalue weighted by Crippen LogP contribution is -2.46. The molecule has 1 aromatic rings. The highest BCUT2D eigenvalue weighted by Gasteiger charge is 2.43. The van der Waals surface area contributed by atoms with Gasteiger partial charge in [-0.15, -0.1) is 0 Å². The lowest BCUT2D eigenvalue weighted by Gasteiger charge is -2.20. The van der Waals surface area contributed by atoms with E-state index >= 15 is 0 Å². The van der Waals surface area contributed by atoms with Crippen LogP contribution in [0.5, 0.6) is 5.75 Å². The van der Waals surface area contributed by atoms with Crippen molar-refractivity contribution in [3.63, 3.8) is 0 Å². The molecular formula is C15H21NO3. The van der Waals surface area contributed by atoms with E-state index in [0.29, 0.717) is 25.2 Å². The summed E-state index contributed by atoms with van der Waals surface area (Å²) in [5.41, 5.74) is 5.88. The van der Waals surface area contributed by atoms with Gasteiger partial charge >= 0.3 is 5.97 Å². The Hall–Kier alpha value is -1.55. The summed E-state index contributed by atoms with van der Waals surface area (Å²) >= 11 is 0. The molecule has 2 atom stereocenters. The van der Waals surface area contributed by atoms with Crippen molar-refractivity contribution in [2.45, 2.75) is 50.7 Å². The summed E-state index contributed by atoms with van der Waals surface area (Å²) in [6.07, 6.45) is 1.42. The van der Waals surface area contributed by atoms with Gasteiger partial charge in [0.15, 0.2) is 0 Å². The maximum atomic E-state index is 11.1. The molecule has 104 valence electrons. The van der Waals surface area contributed by atoms with Crippen LogP contribution in [0, 0.1) is 0 Å². The lowest BCUT2D eigenvalue weighted by atomic mass is 10.00. The van der Waals surface area contributed by atoms with Crippen LogP contribution in [-0.2, 0) is 4.79 Å². The van der Waals surface area contributed by atoms with Crippen molar-refractivity contribution in [1.82, 2.24) is 0 Å². The van der Waals surface area contributed by atoms with Crippen molar-refractivity contribution in [2.75, 3.05) is 0 Å². The van der Waals surface area contributed by atoms with Crippen molar-refractivity contribution in [3.05, 3.63) is 29.8 Å². The second-order valence-electron chi connectivity index (χ2n) is 5.64. The molecule has 1 saturated carbocycles. The standard InChI is InChI=1S/C15H21NO3/c1-10(2)12-5-3-4-6-13(12)19-11-7-8-15(16,9-11)14(17)18/h3-6,10-11H,7-9,16H2,1-2H3,(H,17,18). The number of aliphatic carboxylic acids is 1. The molecule has 1 aromatic carbocycles. The Morgan fingerprint density at radius 1 is 1.47 bits per heavy atom. The monoisotopic (exact) mass is 263 g/mol. The Kier molecular flexibility index (Phi) is 3.80. The summed E-state index contributed by atoms with van der Waals surface area (Å²) in [4.78, 5) is 11.1. The molecule has 0 saturated heterocycles. The Morgan fingerprint density at radius 3 is 2.74 bits per heavy atom. The fourth-order valence-electron chi connectivity index (χ4n) is 2.57. The normalized spacial score (nSPS) is 26.6. The first kappa shape index (κ1) is 13.9. The van der Waals surface area contributed by atoms with Gasteiger partial charge in [-0.1, -0.05) is 32.0 Å². The lowest BCUT2D eigenvalue weighted by molar-refractivity contribution is -0.143. The molecule has 0 amide bonds. The van der Waals surface area contributed by atoms with Gasteiger partial charge in [0.2, 0.25) is 0 Å². The van der Waals surface area contributed by atoms with E-state index in [-0.39, 0.29) is 6.10 Å². The van der Waals surface area contributed by atoms with Crippen LogP contribution in [0.2, 0.25) is 0 Å². The van der Waals surface area contributed by atoms with Crippen LogP contribution in [-0.4, -0.2) is 22.7 Å². The molecule has 19 heavy (non-hydrogen) atoms. The first-order chi connectivity index (χ1) is 8.92. The maximum Gasteiger partial charge on any atom is 0.323 e. The van der Waals surface area contributed by atoms with E-state index in [1.807, 2.05) is 24.3 Å². The highest BCUT2D eigenvalue weighted by Crippen LogP contribution is 2.34. The number of carbonyl (C=O) groups is 1. The average Bonchev–Trinajstić information content (AvgIpc) is 2.73. The fraction of sp³-hybridized carbons (Fsp3) is 0.533. The molecule has 0 heterocycles. The number of para-hydroxylation sites is 1. The number of carboxylic acids is 1. The topological polar surface area (TPSA) is 72.5 Å². The molecule has 1 aliphatic rings. The van der Waals surface area contributed by atoms with Crippen LogP contribution in [0.25, 0.3) is 0 Å². The molecule has 0 spiro atoms. The van der Waals surface area contributed by atoms with E-state index in [1.54, 1.807) is 0 Å². The van der Waals surface area contributed by atoms with Gasteiger partial charge in [0, 0.05) is 6.42 Å². The second-order valence-corrected chi connectivity index (χ2v) is 5.64. The summed E-state index contributed by atoms with van der Waals surface area (Å²) in [6, 6.07) is 7.90. The zero-order valence-corrected chi connectivity index (χ0v) is 11.4. The maximum absolute atomic E-state index is 11.1. The summed E-state index contributed by atoms with van der Waals surface area (Å²) < 4.78 is 5.97. The van der Waals surface area contributed by atoms with Crippen LogP contribution < -0.4 is 10.5 Å². The van der Waals surface area contributed by atoms with Gasteiger partial charge in [0.1, 0.15) is 17.4 Å². The Morgan fingerprint density at radius 2 is 2.16 bits per heavy atom. The number of carboxylic acid groups (broad SMARTS) is 1. The molecular weight excluding hydrogens is 242 g/mol. The summed E-state index contributed by atoms with van der Waals surface area (Å²) in [5.74, 6) is 0.285. The molecule has 0 aromatic heterocycles. The number of rotatable bonds is 4. The van der Waals surface area contributed by atoms with Crippen molar-refractivity contribution in [1.29, 1.82) is 0 Å². The van der Waals surface area contributed by atoms with Gasteiger partial charge < -0.3 is 15.6 Å². The Balaban J connectivity index is 2.10. The number of hydrogen-bond acceptors (Lipinski definition) is 3. The van der Waals surface area contributed by atoms with Crippen molar-refractivity contribution in [3.8, 4) is 5.75 Å². The van der Waals surface area contributed by atoms with E-state index < -0.39 is 11.5 Å². The minimum Gasteiger partial charge on any atom is -0.490 e. The molecule has 0 bridgehead atoms. The highest BCUT2D eigenvalue weighted by atomic mass is 16.5. The van der Waals surface area contributed by atoms with E-state index in [9.17, 15) is 4.79 Å². The molecule has 1 aliphatic carbocycles. The molecule has 0 radical (unpaired) electrons. The number of nitrogens with two attached hydrogens (primary N) is 1. The van der Waals surface area contributed by atoms with Crippen LogP contribution in [0.15, 0.2) is 24.3 Å². The van der Waals surface area contributed by atoms with E-state index in [1.165, 1.54) is 0 Å². The zero-order chi connectivity index (χ0) is 14.0. The highest BCUT2D eigenvalue weighted by molar-refractivity contribution is 5.79. The third-order valence-electron chi connectivity index (χ3n) is 3.76. The van der Waals surface area contributed by atoms with E-state index in [4.69, 9.17) is 15.6 Å². The molecule has 0 aliphatic heterocycles. The average molecular weight is 263 g/mol. The van der Waals surface area contributed by atoms with Crippen LogP contribution >= 0.6 is 0 Å². The van der Waals surface area contributed by atoms with Crippen molar-refractivity contribution in [2.24, 2.45) is 5.73 Å². The number of hydrogen-bond donors (Lipinski definition) is 2. The van der Waals surface area contributed by atoms with E-state index in [2.05, 4.69) is 13.8 Å². The summed E-state index contributed by atoms with van der Waals surface area (Å²) in [5, 5.41) is 9.12. The third kappa shape index (κ3) is 2.89. The molecule has 2 rings (SSSR count). The Labute approximate surface area is 113 Å². The summed E-state index contributed by atoms with van der Waals surface area (Å²) in [7, 11) is 0. The van der Waals surface area contributed by atoms with Gasteiger partial charge in [-0.2, -0.15) is 0 Å². The summed E-state index contributed by atoms with van der Waals surface area (Å²) in [6.45, 7) is 4.22. The van der Waals surface area contributed by atoms with Crippen LogP contribution in [0.4, 0.5) is 0 Å². The smallest absolute Gasteiger partial charge is 0.323 e. The minimum atomic E-state index is -1.13. The van der Waals surface area contributed by atoms with Gasteiger partial charge in [0.25, 0.3) is 0 Å². The van der Waals surface area contributed by atoms with Gasteiger partial charge in [-0.25, -0.2) is 0 Å². The third-order valence-corrected chi connectivity index (χ3v) is 3.76. The quantitative estimate of drug-likeness (QED) is 0.875. The number of ether oxygens (including phenoxy) is 1. The number of benzene rings is 1. The van der Waals surface area contributed by atoms with Gasteiger partial charge in [0.05, 0.1) is 0 Å². The van der Waals surface area contributed by atoms with Gasteiger partial charge in [-0.05, 0) is 30.4 Å². The van der Waals surface area contributed by atoms with Crippen molar-refractivity contribution >= 4 is 5.97 Å². The fourth-order valence-corrected chi connectivity index (χ4v) is 2.57.